The molecule has 4 nitrogen and oxygen atoms in total. The van der Waals surface area contributed by atoms with Crippen LogP contribution in [0.4, 0.5) is 0 Å². The first-order chi connectivity index (χ1) is 15.6. The number of hydrogen-bond donors (Lipinski definition) is 0. The van der Waals surface area contributed by atoms with E-state index in [9.17, 15) is 0 Å². The predicted octanol–water partition coefficient (Wildman–Crippen LogP) is 7.18. The Morgan fingerprint density at radius 1 is 0.719 bits per heavy atom. The molecule has 0 aliphatic carbocycles. The van der Waals surface area contributed by atoms with Crippen molar-refractivity contribution in [2.45, 2.75) is 20.8 Å². The highest BCUT2D eigenvalue weighted by Crippen LogP contribution is 2.38. The van der Waals surface area contributed by atoms with Gasteiger partial charge in [-0.05, 0) is 79.4 Å². The maximum atomic E-state index is 6.23. The second-order valence-corrected chi connectivity index (χ2v) is 8.30. The second-order valence-electron chi connectivity index (χ2n) is 8.30. The van der Waals surface area contributed by atoms with Crippen LogP contribution < -0.4 is 0 Å². The standard InChI is InChI=1S/C28H21N3O/c1-16-9-12-24-21(8-5-13-29-24)26(16)23-14-25(30-15-17(23)2)22-7-4-6-19-20-11-10-18(3)31-28(20)32-27(19)22/h4-15H,1-3H3. The van der Waals surface area contributed by atoms with Crippen molar-refractivity contribution in [2.24, 2.45) is 0 Å². The highest BCUT2D eigenvalue weighted by atomic mass is 16.3. The monoisotopic (exact) mass is 415 g/mol. The molecule has 0 aliphatic rings. The number of aryl methyl sites for hydroxylation is 3. The van der Waals surface area contributed by atoms with Crippen LogP contribution >= 0.6 is 0 Å². The molecule has 0 N–H and O–H groups in total. The number of aromatic nitrogens is 3. The fourth-order valence-corrected chi connectivity index (χ4v) is 4.53. The zero-order valence-electron chi connectivity index (χ0n) is 18.2. The van der Waals surface area contributed by atoms with Gasteiger partial charge in [0.05, 0.1) is 11.2 Å². The number of pyridine rings is 3. The van der Waals surface area contributed by atoms with Crippen molar-refractivity contribution in [1.29, 1.82) is 0 Å². The molecule has 4 heterocycles. The average Bonchev–Trinajstić information content (AvgIpc) is 3.17. The highest BCUT2D eigenvalue weighted by Gasteiger charge is 2.17. The van der Waals surface area contributed by atoms with Crippen LogP contribution in [0.1, 0.15) is 16.8 Å². The third kappa shape index (κ3) is 2.80. The average molecular weight is 415 g/mol. The first-order valence-corrected chi connectivity index (χ1v) is 10.7. The van der Waals surface area contributed by atoms with Crippen LogP contribution in [0, 0.1) is 20.8 Å². The molecule has 0 atom stereocenters. The minimum Gasteiger partial charge on any atom is -0.437 e. The summed E-state index contributed by atoms with van der Waals surface area (Å²) in [5, 5.41) is 3.23. The first kappa shape index (κ1) is 18.7. The zero-order valence-corrected chi connectivity index (χ0v) is 18.2. The maximum absolute atomic E-state index is 6.23. The van der Waals surface area contributed by atoms with E-state index in [1.165, 1.54) is 11.1 Å². The lowest BCUT2D eigenvalue weighted by Gasteiger charge is -2.14. The Kier molecular flexibility index (Phi) is 4.08. The maximum Gasteiger partial charge on any atom is 0.227 e. The van der Waals surface area contributed by atoms with Crippen molar-refractivity contribution < 1.29 is 4.42 Å². The quantitative estimate of drug-likeness (QED) is 0.300. The number of fused-ring (bicyclic) bond motifs is 4. The molecule has 6 rings (SSSR count). The Hall–Kier alpha value is -4.05. The van der Waals surface area contributed by atoms with Crippen molar-refractivity contribution in [3.05, 3.63) is 89.9 Å². The third-order valence-electron chi connectivity index (χ3n) is 6.15. The van der Waals surface area contributed by atoms with Crippen LogP contribution in [0.15, 0.2) is 77.5 Å². The summed E-state index contributed by atoms with van der Waals surface area (Å²) >= 11 is 0. The third-order valence-corrected chi connectivity index (χ3v) is 6.15. The molecular formula is C28H21N3O. The van der Waals surface area contributed by atoms with Crippen LogP contribution in [-0.2, 0) is 0 Å². The lowest BCUT2D eigenvalue weighted by Crippen LogP contribution is -1.94. The summed E-state index contributed by atoms with van der Waals surface area (Å²) < 4.78 is 6.23. The molecule has 0 spiro atoms. The molecule has 6 aromatic rings. The summed E-state index contributed by atoms with van der Waals surface area (Å²) in [6, 6.07) is 20.8. The Morgan fingerprint density at radius 2 is 1.59 bits per heavy atom. The van der Waals surface area contributed by atoms with Gasteiger partial charge in [-0.25, -0.2) is 4.98 Å². The van der Waals surface area contributed by atoms with E-state index in [0.717, 1.165) is 55.3 Å². The zero-order chi connectivity index (χ0) is 21.8. The van der Waals surface area contributed by atoms with E-state index in [2.05, 4.69) is 72.3 Å². The van der Waals surface area contributed by atoms with Crippen LogP contribution in [-0.4, -0.2) is 15.0 Å². The van der Waals surface area contributed by atoms with Crippen LogP contribution in [0.25, 0.3) is 55.4 Å². The summed E-state index contributed by atoms with van der Waals surface area (Å²) in [5.41, 5.74) is 9.96. The van der Waals surface area contributed by atoms with Gasteiger partial charge in [-0.3, -0.25) is 9.97 Å². The molecule has 0 saturated heterocycles. The smallest absolute Gasteiger partial charge is 0.227 e. The molecule has 0 unspecified atom stereocenters. The van der Waals surface area contributed by atoms with E-state index >= 15 is 0 Å². The normalized spacial score (nSPS) is 11.6. The van der Waals surface area contributed by atoms with Crippen molar-refractivity contribution in [2.75, 3.05) is 0 Å². The molecule has 32 heavy (non-hydrogen) atoms. The topological polar surface area (TPSA) is 51.8 Å². The molecule has 154 valence electrons. The fourth-order valence-electron chi connectivity index (χ4n) is 4.53. The summed E-state index contributed by atoms with van der Waals surface area (Å²) in [4.78, 5) is 13.9. The highest BCUT2D eigenvalue weighted by molar-refractivity contribution is 6.08. The van der Waals surface area contributed by atoms with Crippen LogP contribution in [0.3, 0.4) is 0 Å². The van der Waals surface area contributed by atoms with E-state index in [1.54, 1.807) is 0 Å². The Morgan fingerprint density at radius 3 is 2.50 bits per heavy atom. The SMILES string of the molecule is Cc1ccc2c(n1)oc1c(-c3cc(-c4c(C)ccc5ncccc45)c(C)cn3)cccc12. The fraction of sp³-hybridized carbons (Fsp3) is 0.107. The molecule has 0 aliphatic heterocycles. The minimum atomic E-state index is 0.663. The number of nitrogens with zero attached hydrogens (tertiary/aromatic N) is 3. The van der Waals surface area contributed by atoms with Gasteiger partial charge in [0, 0.05) is 39.8 Å². The number of para-hydroxylation sites is 1. The number of furan rings is 1. The summed E-state index contributed by atoms with van der Waals surface area (Å²) in [6.45, 7) is 6.23. The molecule has 4 aromatic heterocycles. The van der Waals surface area contributed by atoms with Crippen LogP contribution in [0.5, 0.6) is 0 Å². The van der Waals surface area contributed by atoms with Crippen LogP contribution in [0.2, 0.25) is 0 Å². The first-order valence-electron chi connectivity index (χ1n) is 10.7. The molecule has 0 fully saturated rings. The van der Waals surface area contributed by atoms with Gasteiger partial charge < -0.3 is 4.42 Å². The molecular weight excluding hydrogens is 394 g/mol. The Bertz CT molecular complexity index is 1660. The Labute approximate surface area is 185 Å². The van der Waals surface area contributed by atoms with Gasteiger partial charge in [0.2, 0.25) is 5.71 Å². The lowest BCUT2D eigenvalue weighted by atomic mass is 9.92. The van der Waals surface area contributed by atoms with Gasteiger partial charge in [-0.15, -0.1) is 0 Å². The molecule has 0 bridgehead atoms. The van der Waals surface area contributed by atoms with Gasteiger partial charge in [0.15, 0.2) is 0 Å². The molecule has 0 radical (unpaired) electrons. The van der Waals surface area contributed by atoms with E-state index in [4.69, 9.17) is 9.40 Å². The number of hydrogen-bond acceptors (Lipinski definition) is 4. The molecule has 0 amide bonds. The summed E-state index contributed by atoms with van der Waals surface area (Å²) in [6.07, 6.45) is 3.79. The Balaban J connectivity index is 1.62. The number of benzene rings is 2. The predicted molar refractivity (Wildman–Crippen MR) is 130 cm³/mol. The summed E-state index contributed by atoms with van der Waals surface area (Å²) in [7, 11) is 0. The van der Waals surface area contributed by atoms with Crippen molar-refractivity contribution in [3.8, 4) is 22.4 Å². The van der Waals surface area contributed by atoms with Crippen molar-refractivity contribution >= 4 is 33.0 Å². The summed E-state index contributed by atoms with van der Waals surface area (Å²) in [5.74, 6) is 0. The van der Waals surface area contributed by atoms with Crippen molar-refractivity contribution in [1.82, 2.24) is 15.0 Å². The van der Waals surface area contributed by atoms with Gasteiger partial charge in [0.25, 0.3) is 0 Å². The van der Waals surface area contributed by atoms with Crippen molar-refractivity contribution in [3.63, 3.8) is 0 Å². The van der Waals surface area contributed by atoms with E-state index in [0.29, 0.717) is 5.71 Å². The van der Waals surface area contributed by atoms with Gasteiger partial charge >= 0.3 is 0 Å². The van der Waals surface area contributed by atoms with Gasteiger partial charge in [-0.2, -0.15) is 0 Å². The number of rotatable bonds is 2. The molecule has 2 aromatic carbocycles. The molecule has 4 heteroatoms. The van der Waals surface area contributed by atoms with Gasteiger partial charge in [-0.1, -0.05) is 24.3 Å². The molecule has 0 saturated carbocycles. The van der Waals surface area contributed by atoms with E-state index in [1.807, 2.05) is 31.5 Å². The largest absolute Gasteiger partial charge is 0.437 e. The van der Waals surface area contributed by atoms with E-state index < -0.39 is 0 Å². The lowest BCUT2D eigenvalue weighted by molar-refractivity contribution is 0.653. The second kappa shape index (κ2) is 6.99. The van der Waals surface area contributed by atoms with E-state index in [-0.39, 0.29) is 0 Å². The minimum absolute atomic E-state index is 0.663. The van der Waals surface area contributed by atoms with Gasteiger partial charge in [0.1, 0.15) is 5.58 Å².